The number of carboxylic acid groups (broad SMARTS) is 4. The minimum atomic E-state index is -2.09. The summed E-state index contributed by atoms with van der Waals surface area (Å²) in [6, 6.07) is -3.65. The number of aliphatic carboxylic acids is 4. The van der Waals surface area contributed by atoms with Crippen LogP contribution in [0.5, 0.6) is 0 Å². The Bertz CT molecular complexity index is 324. The van der Waals surface area contributed by atoms with E-state index in [0.29, 0.717) is 0 Å². The molecule has 0 unspecified atom stereocenters. The van der Waals surface area contributed by atoms with Crippen LogP contribution in [0.25, 0.3) is 0 Å². The minimum Gasteiger partial charge on any atom is -0.481 e. The second kappa shape index (κ2) is 6.43. The fourth-order valence-corrected chi connectivity index (χ4v) is 0.995. The van der Waals surface area contributed by atoms with Crippen molar-refractivity contribution in [2.45, 2.75) is 24.9 Å². The van der Waals surface area contributed by atoms with Crippen LogP contribution in [0.15, 0.2) is 0 Å². The maximum absolute atomic E-state index is 10.7. The highest BCUT2D eigenvalue weighted by Crippen LogP contribution is 2.00. The molecule has 17 heavy (non-hydrogen) atoms. The van der Waals surface area contributed by atoms with Crippen molar-refractivity contribution in [2.75, 3.05) is 0 Å². The Hall–Kier alpha value is -2.16. The number of carboxylic acids is 4. The zero-order valence-electron chi connectivity index (χ0n) is 8.49. The molecule has 0 aromatic carbocycles. The third-order valence-electron chi connectivity index (χ3n) is 1.81. The number of hydrogen-bond donors (Lipinski definition) is 5. The van der Waals surface area contributed by atoms with Gasteiger partial charge >= 0.3 is 23.9 Å². The van der Waals surface area contributed by atoms with Crippen LogP contribution in [0.4, 0.5) is 0 Å². The Morgan fingerprint density at radius 1 is 0.882 bits per heavy atom. The van der Waals surface area contributed by atoms with Gasteiger partial charge in [0.15, 0.2) is 0 Å². The predicted octanol–water partition coefficient (Wildman–Crippen LogP) is -1.57. The highest BCUT2D eigenvalue weighted by Gasteiger charge is 2.31. The van der Waals surface area contributed by atoms with Gasteiger partial charge in [-0.2, -0.15) is 0 Å². The van der Waals surface area contributed by atoms with E-state index < -0.39 is 48.8 Å². The fourth-order valence-electron chi connectivity index (χ4n) is 0.995. The number of nitrogens with one attached hydrogen (secondary N) is 1. The highest BCUT2D eigenvalue weighted by molar-refractivity contribution is 5.97. The molecular formula is C8H11NO8. The van der Waals surface area contributed by atoms with Gasteiger partial charge in [0, 0.05) is 6.42 Å². The number of carbonyl (C=O) groups is 4. The Kier molecular flexibility index (Phi) is 5.61. The van der Waals surface area contributed by atoms with Crippen molar-refractivity contribution < 1.29 is 39.6 Å². The summed E-state index contributed by atoms with van der Waals surface area (Å²) in [5, 5.41) is 35.8. The maximum atomic E-state index is 10.7. The van der Waals surface area contributed by atoms with Crippen LogP contribution in [0.3, 0.4) is 0 Å². The van der Waals surface area contributed by atoms with Crippen molar-refractivity contribution in [1.82, 2.24) is 5.32 Å². The zero-order chi connectivity index (χ0) is 13.6. The normalized spacial score (nSPS) is 12.1. The molecule has 0 fully saturated rings. The molecular weight excluding hydrogens is 238 g/mol. The van der Waals surface area contributed by atoms with E-state index >= 15 is 0 Å². The van der Waals surface area contributed by atoms with Crippen molar-refractivity contribution in [2.24, 2.45) is 0 Å². The van der Waals surface area contributed by atoms with E-state index in [4.69, 9.17) is 20.4 Å². The molecule has 9 nitrogen and oxygen atoms in total. The molecule has 1 atom stereocenters. The van der Waals surface area contributed by atoms with Crippen molar-refractivity contribution in [1.29, 1.82) is 0 Å². The summed E-state index contributed by atoms with van der Waals surface area (Å²) >= 11 is 0. The van der Waals surface area contributed by atoms with E-state index in [1.165, 1.54) is 0 Å². The second-order valence-electron chi connectivity index (χ2n) is 3.10. The molecule has 9 heteroatoms. The van der Waals surface area contributed by atoms with Gasteiger partial charge in [0.2, 0.25) is 6.04 Å². The SMILES string of the molecule is O=C(O)CC[C@@H](NC(C(=O)O)C(=O)O)C(=O)O. The quantitative estimate of drug-likeness (QED) is 0.320. The van der Waals surface area contributed by atoms with Crippen molar-refractivity contribution in [3.63, 3.8) is 0 Å². The first-order chi connectivity index (χ1) is 7.75. The molecule has 0 saturated heterocycles. The van der Waals surface area contributed by atoms with Gasteiger partial charge in [-0.3, -0.25) is 14.9 Å². The topological polar surface area (TPSA) is 161 Å². The van der Waals surface area contributed by atoms with Crippen LogP contribution >= 0.6 is 0 Å². The van der Waals surface area contributed by atoms with Crippen LogP contribution in [-0.2, 0) is 19.2 Å². The highest BCUT2D eigenvalue weighted by atomic mass is 16.4. The summed E-state index contributed by atoms with van der Waals surface area (Å²) in [5.41, 5.74) is 0. The van der Waals surface area contributed by atoms with E-state index in [2.05, 4.69) is 0 Å². The minimum absolute atomic E-state index is 0.415. The fraction of sp³-hybridized carbons (Fsp3) is 0.500. The van der Waals surface area contributed by atoms with Gasteiger partial charge in [-0.1, -0.05) is 0 Å². The molecule has 0 radical (unpaired) electrons. The molecule has 96 valence electrons. The predicted molar refractivity (Wildman–Crippen MR) is 50.5 cm³/mol. The summed E-state index contributed by atoms with van der Waals surface area (Å²) in [4.78, 5) is 41.8. The monoisotopic (exact) mass is 249 g/mol. The first-order valence-corrected chi connectivity index (χ1v) is 4.42. The van der Waals surface area contributed by atoms with Gasteiger partial charge in [0.1, 0.15) is 6.04 Å². The molecule has 0 saturated carbocycles. The average molecular weight is 249 g/mol. The van der Waals surface area contributed by atoms with Gasteiger partial charge in [-0.15, -0.1) is 0 Å². The Labute approximate surface area is 94.7 Å². The van der Waals surface area contributed by atoms with Crippen LogP contribution in [-0.4, -0.2) is 56.4 Å². The Morgan fingerprint density at radius 3 is 1.65 bits per heavy atom. The van der Waals surface area contributed by atoms with Gasteiger partial charge in [0.05, 0.1) is 0 Å². The van der Waals surface area contributed by atoms with Crippen LogP contribution in [0.1, 0.15) is 12.8 Å². The lowest BCUT2D eigenvalue weighted by Gasteiger charge is -2.16. The Balaban J connectivity index is 4.61. The average Bonchev–Trinajstić information content (AvgIpc) is 2.15. The standard InChI is InChI=1S/C8H11NO8/c10-4(11)2-1-3(6(12)13)9-5(7(14)15)8(16)17/h3,5,9H,1-2H2,(H,10,11)(H,12,13)(H,14,15)(H,16,17)/t3-/m1/s1. The molecule has 0 aromatic heterocycles. The van der Waals surface area contributed by atoms with Crippen LogP contribution in [0, 0.1) is 0 Å². The third kappa shape index (κ3) is 5.47. The molecule has 5 N–H and O–H groups in total. The molecule has 0 aliphatic carbocycles. The molecule has 0 heterocycles. The summed E-state index contributed by atoms with van der Waals surface area (Å²) in [6.07, 6.45) is -0.933. The number of hydrogen-bond acceptors (Lipinski definition) is 5. The maximum Gasteiger partial charge on any atom is 0.332 e. The summed E-state index contributed by atoms with van der Waals surface area (Å²) < 4.78 is 0. The van der Waals surface area contributed by atoms with Crippen molar-refractivity contribution in [3.8, 4) is 0 Å². The molecule has 0 spiro atoms. The van der Waals surface area contributed by atoms with Crippen molar-refractivity contribution in [3.05, 3.63) is 0 Å². The van der Waals surface area contributed by atoms with Gasteiger partial charge in [0.25, 0.3) is 0 Å². The summed E-state index contributed by atoms with van der Waals surface area (Å²) in [5.74, 6) is -6.28. The lowest BCUT2D eigenvalue weighted by atomic mass is 10.1. The lowest BCUT2D eigenvalue weighted by molar-refractivity contribution is -0.152. The van der Waals surface area contributed by atoms with Gasteiger partial charge < -0.3 is 20.4 Å². The van der Waals surface area contributed by atoms with E-state index in [0.717, 1.165) is 0 Å². The van der Waals surface area contributed by atoms with Crippen LogP contribution < -0.4 is 5.32 Å². The number of rotatable bonds is 8. The Morgan fingerprint density at radius 2 is 1.35 bits per heavy atom. The second-order valence-corrected chi connectivity index (χ2v) is 3.10. The molecule has 0 aliphatic heterocycles. The molecule has 0 aliphatic rings. The lowest BCUT2D eigenvalue weighted by Crippen LogP contribution is -2.51. The third-order valence-corrected chi connectivity index (χ3v) is 1.81. The molecule has 0 amide bonds. The summed E-state index contributed by atoms with van der Waals surface area (Å²) in [7, 11) is 0. The van der Waals surface area contributed by atoms with Crippen LogP contribution in [0.2, 0.25) is 0 Å². The first kappa shape index (κ1) is 14.8. The summed E-state index contributed by atoms with van der Waals surface area (Å²) in [6.45, 7) is 0. The van der Waals surface area contributed by atoms with E-state index in [1.54, 1.807) is 0 Å². The largest absolute Gasteiger partial charge is 0.481 e. The van der Waals surface area contributed by atoms with Gasteiger partial charge in [-0.05, 0) is 6.42 Å². The van der Waals surface area contributed by atoms with E-state index in [-0.39, 0.29) is 0 Å². The van der Waals surface area contributed by atoms with Crippen molar-refractivity contribution >= 4 is 23.9 Å². The van der Waals surface area contributed by atoms with Gasteiger partial charge in [-0.25, -0.2) is 9.59 Å². The molecule has 0 aromatic rings. The molecule has 0 bridgehead atoms. The molecule has 0 rings (SSSR count). The van der Waals surface area contributed by atoms with E-state index in [1.807, 2.05) is 5.32 Å². The zero-order valence-corrected chi connectivity index (χ0v) is 8.49. The first-order valence-electron chi connectivity index (χ1n) is 4.42. The van der Waals surface area contributed by atoms with E-state index in [9.17, 15) is 19.2 Å². The smallest absolute Gasteiger partial charge is 0.332 e.